The quantitative estimate of drug-likeness (QED) is 0.831. The van der Waals surface area contributed by atoms with Crippen LogP contribution in [-0.2, 0) is 16.0 Å². The van der Waals surface area contributed by atoms with Crippen molar-refractivity contribution in [2.45, 2.75) is 25.0 Å². The minimum absolute atomic E-state index is 0.0122. The Kier molecular flexibility index (Phi) is 3.80. The van der Waals surface area contributed by atoms with Gasteiger partial charge in [-0.05, 0) is 11.6 Å². The summed E-state index contributed by atoms with van der Waals surface area (Å²) >= 11 is 0. The summed E-state index contributed by atoms with van der Waals surface area (Å²) in [7, 11) is 0. The van der Waals surface area contributed by atoms with Crippen LogP contribution in [0.5, 0.6) is 0 Å². The lowest BCUT2D eigenvalue weighted by atomic mass is 10.1. The summed E-state index contributed by atoms with van der Waals surface area (Å²) in [5, 5.41) is 18.4. The van der Waals surface area contributed by atoms with Crippen molar-refractivity contribution >= 4 is 11.9 Å². The highest BCUT2D eigenvalue weighted by Crippen LogP contribution is 2.20. The molecule has 5 nitrogen and oxygen atoms in total. The molecule has 1 amide bonds. The fraction of sp³-hybridized carbons (Fsp3) is 0.385. The molecule has 2 N–H and O–H groups in total. The van der Waals surface area contributed by atoms with Gasteiger partial charge in [0.25, 0.3) is 0 Å². The van der Waals surface area contributed by atoms with Gasteiger partial charge in [-0.15, -0.1) is 0 Å². The Balaban J connectivity index is 2.11. The van der Waals surface area contributed by atoms with Crippen molar-refractivity contribution in [3.63, 3.8) is 0 Å². The number of likely N-dealkylation sites (tertiary alicyclic amines) is 1. The van der Waals surface area contributed by atoms with Gasteiger partial charge < -0.3 is 15.1 Å². The van der Waals surface area contributed by atoms with E-state index in [1.807, 2.05) is 0 Å². The molecule has 1 heterocycles. The number of β-amino-alcohol motifs (C(OH)–C–C–N with tert-alkyl or cyclic N) is 1. The van der Waals surface area contributed by atoms with Gasteiger partial charge in [0.2, 0.25) is 5.91 Å². The second-order valence-corrected chi connectivity index (χ2v) is 4.56. The van der Waals surface area contributed by atoms with Crippen LogP contribution in [0.25, 0.3) is 0 Å². The average molecular weight is 267 g/mol. The molecule has 19 heavy (non-hydrogen) atoms. The molecule has 0 aromatic heterocycles. The molecule has 0 bridgehead atoms. The second kappa shape index (κ2) is 5.36. The van der Waals surface area contributed by atoms with Crippen LogP contribution in [0.4, 0.5) is 4.39 Å². The predicted molar refractivity (Wildman–Crippen MR) is 63.9 cm³/mol. The summed E-state index contributed by atoms with van der Waals surface area (Å²) in [5.41, 5.74) is 0.220. The first-order chi connectivity index (χ1) is 8.99. The van der Waals surface area contributed by atoms with Crippen LogP contribution >= 0.6 is 0 Å². The Morgan fingerprint density at radius 2 is 2.05 bits per heavy atom. The van der Waals surface area contributed by atoms with Gasteiger partial charge in [0, 0.05) is 13.0 Å². The number of rotatable bonds is 3. The molecule has 1 fully saturated rings. The molecule has 0 aliphatic carbocycles. The number of carbonyl (C=O) groups is 2. The smallest absolute Gasteiger partial charge is 0.326 e. The number of carboxylic acid groups (broad SMARTS) is 1. The maximum atomic E-state index is 13.4. The van der Waals surface area contributed by atoms with Gasteiger partial charge in [0.1, 0.15) is 11.9 Å². The number of hydrogen-bond donors (Lipinski definition) is 2. The Bertz CT molecular complexity index is 505. The number of aliphatic carboxylic acids is 1. The number of nitrogens with zero attached hydrogens (tertiary/aromatic N) is 1. The van der Waals surface area contributed by atoms with E-state index in [4.69, 9.17) is 5.11 Å². The zero-order chi connectivity index (χ0) is 14.0. The van der Waals surface area contributed by atoms with Crippen molar-refractivity contribution in [1.29, 1.82) is 0 Å². The van der Waals surface area contributed by atoms with Crippen LogP contribution in [-0.4, -0.2) is 45.7 Å². The highest BCUT2D eigenvalue weighted by atomic mass is 19.1. The van der Waals surface area contributed by atoms with Crippen LogP contribution in [0.15, 0.2) is 24.3 Å². The Morgan fingerprint density at radius 1 is 1.37 bits per heavy atom. The standard InChI is InChI=1S/C13H14FNO4/c14-10-4-2-1-3-8(10)5-12(17)15-7-9(16)6-11(15)13(18)19/h1-4,9,11,16H,5-7H2,(H,18,19)/t9-,11-/m1/s1. The van der Waals surface area contributed by atoms with Crippen molar-refractivity contribution < 1.29 is 24.2 Å². The Morgan fingerprint density at radius 3 is 2.68 bits per heavy atom. The minimum Gasteiger partial charge on any atom is -0.480 e. The van der Waals surface area contributed by atoms with E-state index in [9.17, 15) is 19.1 Å². The summed E-state index contributed by atoms with van der Waals surface area (Å²) in [6.45, 7) is -0.0236. The molecular weight excluding hydrogens is 253 g/mol. The first-order valence-corrected chi connectivity index (χ1v) is 5.92. The highest BCUT2D eigenvalue weighted by molar-refractivity contribution is 5.85. The average Bonchev–Trinajstić information content (AvgIpc) is 2.74. The first kappa shape index (κ1) is 13.5. The van der Waals surface area contributed by atoms with Gasteiger partial charge in [-0.25, -0.2) is 9.18 Å². The van der Waals surface area contributed by atoms with Gasteiger partial charge in [-0.2, -0.15) is 0 Å². The van der Waals surface area contributed by atoms with Crippen LogP contribution in [0.3, 0.4) is 0 Å². The fourth-order valence-corrected chi connectivity index (χ4v) is 2.23. The van der Waals surface area contributed by atoms with Crippen molar-refractivity contribution in [1.82, 2.24) is 4.90 Å². The molecule has 0 unspecified atom stereocenters. The zero-order valence-electron chi connectivity index (χ0n) is 10.1. The van der Waals surface area contributed by atoms with E-state index in [1.165, 1.54) is 18.2 Å². The molecule has 1 aliphatic rings. The number of carbonyl (C=O) groups excluding carboxylic acids is 1. The van der Waals surface area contributed by atoms with E-state index in [1.54, 1.807) is 6.07 Å². The first-order valence-electron chi connectivity index (χ1n) is 5.92. The summed E-state index contributed by atoms with van der Waals surface area (Å²) in [4.78, 5) is 24.1. The lowest BCUT2D eigenvalue weighted by Crippen LogP contribution is -2.41. The monoisotopic (exact) mass is 267 g/mol. The largest absolute Gasteiger partial charge is 0.480 e. The summed E-state index contributed by atoms with van der Waals surface area (Å²) in [6, 6.07) is 4.82. The molecule has 1 saturated heterocycles. The lowest BCUT2D eigenvalue weighted by Gasteiger charge is -2.21. The van der Waals surface area contributed by atoms with Gasteiger partial charge in [0.05, 0.1) is 12.5 Å². The minimum atomic E-state index is -1.15. The molecule has 102 valence electrons. The van der Waals surface area contributed by atoms with Gasteiger partial charge in [-0.3, -0.25) is 4.79 Å². The van der Waals surface area contributed by atoms with Crippen LogP contribution in [0.2, 0.25) is 0 Å². The van der Waals surface area contributed by atoms with Gasteiger partial charge >= 0.3 is 5.97 Å². The highest BCUT2D eigenvalue weighted by Gasteiger charge is 2.38. The second-order valence-electron chi connectivity index (χ2n) is 4.56. The maximum Gasteiger partial charge on any atom is 0.326 e. The number of aliphatic hydroxyl groups excluding tert-OH is 1. The molecule has 2 rings (SSSR count). The third-order valence-corrected chi connectivity index (χ3v) is 3.18. The van der Waals surface area contributed by atoms with Crippen molar-refractivity contribution in [2.24, 2.45) is 0 Å². The number of amides is 1. The number of benzene rings is 1. The maximum absolute atomic E-state index is 13.4. The Hall–Kier alpha value is -1.95. The van der Waals surface area contributed by atoms with Crippen molar-refractivity contribution in [3.05, 3.63) is 35.6 Å². The van der Waals surface area contributed by atoms with E-state index >= 15 is 0 Å². The van der Waals surface area contributed by atoms with E-state index in [2.05, 4.69) is 0 Å². The normalized spacial score (nSPS) is 22.5. The van der Waals surface area contributed by atoms with Crippen LogP contribution in [0.1, 0.15) is 12.0 Å². The van der Waals surface area contributed by atoms with Gasteiger partial charge in [0.15, 0.2) is 0 Å². The lowest BCUT2D eigenvalue weighted by molar-refractivity contribution is -0.148. The van der Waals surface area contributed by atoms with Crippen molar-refractivity contribution in [3.8, 4) is 0 Å². The van der Waals surface area contributed by atoms with Crippen LogP contribution in [0, 0.1) is 5.82 Å². The zero-order valence-corrected chi connectivity index (χ0v) is 10.1. The SMILES string of the molecule is O=C(O)[C@H]1C[C@@H](O)CN1C(=O)Cc1ccccc1F. The number of aliphatic hydroxyl groups is 1. The summed E-state index contributed by atoms with van der Waals surface area (Å²) < 4.78 is 13.4. The third kappa shape index (κ3) is 2.90. The predicted octanol–water partition coefficient (Wildman–Crippen LogP) is 0.415. The molecule has 1 aromatic rings. The summed E-state index contributed by atoms with van der Waals surface area (Å²) in [6.07, 6.45) is -1.03. The molecule has 2 atom stereocenters. The van der Waals surface area contributed by atoms with E-state index < -0.39 is 29.8 Å². The molecule has 0 radical (unpaired) electrons. The van der Waals surface area contributed by atoms with E-state index in [0.717, 1.165) is 4.90 Å². The third-order valence-electron chi connectivity index (χ3n) is 3.18. The van der Waals surface area contributed by atoms with Gasteiger partial charge in [-0.1, -0.05) is 18.2 Å². The van der Waals surface area contributed by atoms with E-state index in [-0.39, 0.29) is 24.9 Å². The molecule has 1 aromatic carbocycles. The number of carboxylic acids is 1. The van der Waals surface area contributed by atoms with Crippen LogP contribution < -0.4 is 0 Å². The topological polar surface area (TPSA) is 77.8 Å². The van der Waals surface area contributed by atoms with E-state index in [0.29, 0.717) is 0 Å². The van der Waals surface area contributed by atoms with Crippen molar-refractivity contribution in [2.75, 3.05) is 6.54 Å². The fourth-order valence-electron chi connectivity index (χ4n) is 2.23. The molecule has 0 spiro atoms. The molecule has 0 saturated carbocycles. The molecule has 6 heteroatoms. The number of halogens is 1. The molecule has 1 aliphatic heterocycles. The Labute approximate surface area is 109 Å². The number of hydrogen-bond acceptors (Lipinski definition) is 3. The molecular formula is C13H14FNO4. The summed E-state index contributed by atoms with van der Waals surface area (Å²) in [5.74, 6) is -2.14.